The van der Waals surface area contributed by atoms with Gasteiger partial charge in [-0.05, 0) is 30.7 Å². The highest BCUT2D eigenvalue weighted by atomic mass is 35.5. The molecule has 0 aliphatic carbocycles. The molecule has 2 aromatic carbocycles. The molecule has 5 nitrogen and oxygen atoms in total. The minimum absolute atomic E-state index is 0.116. The predicted molar refractivity (Wildman–Crippen MR) is 119 cm³/mol. The van der Waals surface area contributed by atoms with Gasteiger partial charge < -0.3 is 9.84 Å². The molecule has 2 heterocycles. The number of nitrogens with zero attached hydrogens (tertiary/aromatic N) is 2. The van der Waals surface area contributed by atoms with Crippen molar-refractivity contribution in [2.45, 2.75) is 10.8 Å². The van der Waals surface area contributed by atoms with Crippen LogP contribution < -0.4 is 4.74 Å². The van der Waals surface area contributed by atoms with Gasteiger partial charge in [-0.25, -0.2) is 14.8 Å². The Bertz CT molecular complexity index is 1180. The van der Waals surface area contributed by atoms with Crippen molar-refractivity contribution < 1.29 is 14.6 Å². The number of aromatic carboxylic acids is 1. The summed E-state index contributed by atoms with van der Waals surface area (Å²) in [7, 11) is 0. The van der Waals surface area contributed by atoms with Crippen LogP contribution >= 0.6 is 46.3 Å². The van der Waals surface area contributed by atoms with Gasteiger partial charge in [0.25, 0.3) is 0 Å². The van der Waals surface area contributed by atoms with Crippen molar-refractivity contribution in [3.63, 3.8) is 0 Å². The maximum atomic E-state index is 11.4. The van der Waals surface area contributed by atoms with Gasteiger partial charge in [0.15, 0.2) is 10.0 Å². The fourth-order valence-electron chi connectivity index (χ4n) is 2.79. The molecule has 0 saturated carbocycles. The second-order valence-corrected chi connectivity index (χ2v) is 9.31. The van der Waals surface area contributed by atoms with Crippen LogP contribution in [-0.4, -0.2) is 33.4 Å². The topological polar surface area (TPSA) is 72.3 Å². The molecule has 0 fully saturated rings. The first kappa shape index (κ1) is 20.2. The first-order valence-corrected chi connectivity index (χ1v) is 11.2. The maximum Gasteiger partial charge on any atom is 0.354 e. The summed E-state index contributed by atoms with van der Waals surface area (Å²) in [4.78, 5) is 20.1. The molecule has 0 radical (unpaired) electrons. The van der Waals surface area contributed by atoms with Crippen LogP contribution in [0.4, 0.5) is 0 Å². The number of fused-ring (bicyclic) bond motifs is 2. The zero-order chi connectivity index (χ0) is 20.4. The van der Waals surface area contributed by atoms with Crippen molar-refractivity contribution in [2.75, 3.05) is 12.4 Å². The Morgan fingerprint density at radius 2 is 1.97 bits per heavy atom. The van der Waals surface area contributed by atoms with Crippen LogP contribution in [0, 0.1) is 0 Å². The number of ether oxygens (including phenoxy) is 1. The van der Waals surface area contributed by atoms with Gasteiger partial charge >= 0.3 is 5.97 Å². The molecule has 9 heteroatoms. The van der Waals surface area contributed by atoms with Gasteiger partial charge in [-0.15, -0.1) is 11.3 Å². The first-order valence-electron chi connectivity index (χ1n) is 8.65. The minimum atomic E-state index is -1.14. The third kappa shape index (κ3) is 4.59. The lowest BCUT2D eigenvalue weighted by Crippen LogP contribution is -2.05. The summed E-state index contributed by atoms with van der Waals surface area (Å²) in [6, 6.07) is 12.6. The van der Waals surface area contributed by atoms with Crippen molar-refractivity contribution >= 4 is 73.4 Å². The van der Waals surface area contributed by atoms with Crippen molar-refractivity contribution in [2.24, 2.45) is 0 Å². The number of thioether (sulfide) groups is 1. The molecule has 4 rings (SSSR count). The number of hydrogen-bond acceptors (Lipinski definition) is 6. The SMILES string of the molecule is O=C(O)c1cc(OCCCSc2nc3ccccc3s2)c2c(Cl)cc(Cl)cc2n1. The number of halogens is 2. The monoisotopic (exact) mass is 464 g/mol. The van der Waals surface area contributed by atoms with Crippen LogP contribution in [-0.2, 0) is 0 Å². The summed E-state index contributed by atoms with van der Waals surface area (Å²) >= 11 is 15.7. The van der Waals surface area contributed by atoms with Crippen LogP contribution in [0.15, 0.2) is 46.8 Å². The molecule has 0 amide bonds. The lowest BCUT2D eigenvalue weighted by molar-refractivity contribution is 0.0690. The van der Waals surface area contributed by atoms with E-state index in [0.717, 1.165) is 22.0 Å². The lowest BCUT2D eigenvalue weighted by atomic mass is 10.1. The van der Waals surface area contributed by atoms with E-state index in [2.05, 4.69) is 16.0 Å². The molecule has 0 bridgehead atoms. The van der Waals surface area contributed by atoms with E-state index in [1.807, 2.05) is 18.2 Å². The average molecular weight is 465 g/mol. The van der Waals surface area contributed by atoms with E-state index in [0.29, 0.717) is 33.3 Å². The highest BCUT2D eigenvalue weighted by Crippen LogP contribution is 2.35. The molecule has 0 aliphatic heterocycles. The molecule has 0 atom stereocenters. The summed E-state index contributed by atoms with van der Waals surface area (Å²) in [6.45, 7) is 0.412. The van der Waals surface area contributed by atoms with E-state index in [4.69, 9.17) is 27.9 Å². The number of hydrogen-bond donors (Lipinski definition) is 1. The van der Waals surface area contributed by atoms with Gasteiger partial charge in [-0.1, -0.05) is 47.1 Å². The number of rotatable bonds is 7. The van der Waals surface area contributed by atoms with E-state index >= 15 is 0 Å². The Balaban J connectivity index is 1.44. The molecular formula is C20H14Cl2N2O3S2. The minimum Gasteiger partial charge on any atom is -0.493 e. The van der Waals surface area contributed by atoms with Crippen LogP contribution in [0.5, 0.6) is 5.75 Å². The Morgan fingerprint density at radius 3 is 2.76 bits per heavy atom. The van der Waals surface area contributed by atoms with Gasteiger partial charge in [0.1, 0.15) is 5.75 Å². The van der Waals surface area contributed by atoms with E-state index < -0.39 is 5.97 Å². The van der Waals surface area contributed by atoms with Gasteiger partial charge in [0.05, 0.1) is 32.7 Å². The van der Waals surface area contributed by atoms with E-state index in [1.54, 1.807) is 35.2 Å². The number of carbonyl (C=O) groups is 1. The van der Waals surface area contributed by atoms with E-state index in [1.165, 1.54) is 10.8 Å². The van der Waals surface area contributed by atoms with Gasteiger partial charge in [-0.3, -0.25) is 0 Å². The zero-order valence-corrected chi connectivity index (χ0v) is 18.0. The molecule has 1 N–H and O–H groups in total. The lowest BCUT2D eigenvalue weighted by Gasteiger charge is -2.11. The quantitative estimate of drug-likeness (QED) is 0.251. The summed E-state index contributed by atoms with van der Waals surface area (Å²) in [5.41, 5.74) is 1.28. The molecular weight excluding hydrogens is 451 g/mol. The molecule has 0 saturated heterocycles. The maximum absolute atomic E-state index is 11.4. The summed E-state index contributed by atoms with van der Waals surface area (Å²) in [5, 5.41) is 10.6. The Kier molecular flexibility index (Phi) is 6.10. The standard InChI is InChI=1S/C20H14Cl2N2O3S2/c21-11-8-12(22)18-14(9-11)23-15(19(25)26)10-16(18)27-6-3-7-28-20-24-13-4-1-2-5-17(13)29-20/h1-2,4-5,8-10H,3,6-7H2,(H,25,26). The number of aromatic nitrogens is 2. The van der Waals surface area contributed by atoms with Crippen LogP contribution in [0.25, 0.3) is 21.1 Å². The molecule has 0 unspecified atom stereocenters. The van der Waals surface area contributed by atoms with Crippen LogP contribution in [0.2, 0.25) is 10.0 Å². The average Bonchev–Trinajstić information content (AvgIpc) is 3.09. The second-order valence-electron chi connectivity index (χ2n) is 6.09. The van der Waals surface area contributed by atoms with E-state index in [9.17, 15) is 9.90 Å². The first-order chi connectivity index (χ1) is 14.0. The van der Waals surface area contributed by atoms with E-state index in [-0.39, 0.29) is 5.69 Å². The van der Waals surface area contributed by atoms with Gasteiger partial charge in [-0.2, -0.15) is 0 Å². The molecule has 2 aromatic heterocycles. The van der Waals surface area contributed by atoms with Gasteiger partial charge in [0.2, 0.25) is 0 Å². The second kappa shape index (κ2) is 8.75. The van der Waals surface area contributed by atoms with Crippen LogP contribution in [0.1, 0.15) is 16.9 Å². The fourth-order valence-corrected chi connectivity index (χ4v) is 5.41. The summed E-state index contributed by atoms with van der Waals surface area (Å²) in [6.07, 6.45) is 0.762. The number of para-hydroxylation sites is 1. The Hall–Kier alpha value is -2.06. The van der Waals surface area contributed by atoms with Crippen molar-refractivity contribution in [1.82, 2.24) is 9.97 Å². The molecule has 148 valence electrons. The summed E-state index contributed by atoms with van der Waals surface area (Å²) in [5.74, 6) is 0.0760. The third-order valence-corrected chi connectivity index (χ3v) is 6.84. The predicted octanol–water partition coefficient (Wildman–Crippen LogP) is 6.41. The highest BCUT2D eigenvalue weighted by molar-refractivity contribution is 8.01. The van der Waals surface area contributed by atoms with Crippen molar-refractivity contribution in [3.8, 4) is 5.75 Å². The fraction of sp³-hybridized carbons (Fsp3) is 0.150. The number of pyridine rings is 1. The summed E-state index contributed by atoms with van der Waals surface area (Å²) < 4.78 is 8.06. The van der Waals surface area contributed by atoms with Gasteiger partial charge in [0, 0.05) is 16.8 Å². The Labute approximate surface area is 184 Å². The largest absolute Gasteiger partial charge is 0.493 e. The smallest absolute Gasteiger partial charge is 0.354 e. The van der Waals surface area contributed by atoms with Crippen molar-refractivity contribution in [3.05, 3.63) is 58.2 Å². The molecule has 0 spiro atoms. The zero-order valence-electron chi connectivity index (χ0n) is 14.9. The molecule has 0 aliphatic rings. The Morgan fingerprint density at radius 1 is 1.14 bits per heavy atom. The number of carboxylic acids is 1. The normalized spacial score (nSPS) is 11.2. The molecule has 4 aromatic rings. The van der Waals surface area contributed by atoms with Crippen LogP contribution in [0.3, 0.4) is 0 Å². The third-order valence-electron chi connectivity index (χ3n) is 4.05. The van der Waals surface area contributed by atoms with Crippen molar-refractivity contribution in [1.29, 1.82) is 0 Å². The number of benzene rings is 2. The molecule has 29 heavy (non-hydrogen) atoms. The number of thiazole rings is 1. The highest BCUT2D eigenvalue weighted by Gasteiger charge is 2.15. The number of carboxylic acid groups (broad SMARTS) is 1.